The van der Waals surface area contributed by atoms with E-state index in [1.807, 2.05) is 0 Å². The Kier molecular flexibility index (Phi) is 19.9. The van der Waals surface area contributed by atoms with Crippen LogP contribution in [-0.2, 0) is 14.3 Å². The lowest BCUT2D eigenvalue weighted by molar-refractivity contribution is -0.151. The maximum atomic E-state index is 12.5. The summed E-state index contributed by atoms with van der Waals surface area (Å²) in [5, 5.41) is 5.74. The molecule has 1 rings (SSSR count). The van der Waals surface area contributed by atoms with E-state index in [0.29, 0.717) is 37.8 Å². The zero-order chi connectivity index (χ0) is 27.8. The fraction of sp³-hybridized carbons (Fsp3) is 0.742. The number of hydrogen-bond acceptors (Lipinski definition) is 5. The Hall–Kier alpha value is -2.44. The maximum absolute atomic E-state index is 12.5. The molecule has 1 heterocycles. The molecule has 0 bridgehead atoms. The zero-order valence-corrected chi connectivity index (χ0v) is 24.3. The highest BCUT2D eigenvalue weighted by atomic mass is 16.5. The van der Waals surface area contributed by atoms with Gasteiger partial charge in [-0.3, -0.25) is 14.6 Å². The molecule has 1 aromatic rings. The average Bonchev–Trinajstić information content (AvgIpc) is 2.90. The van der Waals surface area contributed by atoms with Crippen molar-refractivity contribution in [2.75, 3.05) is 6.54 Å². The van der Waals surface area contributed by atoms with E-state index in [0.717, 1.165) is 19.3 Å². The van der Waals surface area contributed by atoms with Gasteiger partial charge in [0.05, 0.1) is 11.7 Å². The standard InChI is InChI=1S/C31H53N3O4/c1-4-5-6-7-8-9-10-11-12-13-14-15-16-22-29(35)34-28(31(37)38-26(2)3)21-17-18-24-33-30(36)27-20-19-23-32-25-27/h19-20,23,25-26,28H,4-18,21-22,24H2,1-3H3,(H,33,36)(H,34,35). The highest BCUT2D eigenvalue weighted by Gasteiger charge is 2.22. The summed E-state index contributed by atoms with van der Waals surface area (Å²) in [7, 11) is 0. The largest absolute Gasteiger partial charge is 0.461 e. The SMILES string of the molecule is CCCCCCCCCCCCCCCC(=O)NC(CCCCNC(=O)c1cccnc1)C(=O)OC(C)C. The molecular weight excluding hydrogens is 478 g/mol. The van der Waals surface area contributed by atoms with Crippen molar-refractivity contribution in [2.24, 2.45) is 0 Å². The van der Waals surface area contributed by atoms with E-state index < -0.39 is 12.0 Å². The van der Waals surface area contributed by atoms with Gasteiger partial charge in [-0.05, 0) is 51.7 Å². The van der Waals surface area contributed by atoms with E-state index >= 15 is 0 Å². The van der Waals surface area contributed by atoms with Crippen molar-refractivity contribution < 1.29 is 19.1 Å². The van der Waals surface area contributed by atoms with Gasteiger partial charge in [-0.15, -0.1) is 0 Å². The molecule has 0 fully saturated rings. The molecule has 216 valence electrons. The van der Waals surface area contributed by atoms with Crippen LogP contribution >= 0.6 is 0 Å². The second-order valence-corrected chi connectivity index (χ2v) is 10.6. The molecule has 0 aromatic carbocycles. The van der Waals surface area contributed by atoms with E-state index in [2.05, 4.69) is 22.5 Å². The second kappa shape index (κ2) is 22.5. The molecule has 0 aliphatic rings. The number of aromatic nitrogens is 1. The predicted molar refractivity (Wildman–Crippen MR) is 154 cm³/mol. The number of nitrogens with zero attached hydrogens (tertiary/aromatic N) is 1. The number of esters is 1. The smallest absolute Gasteiger partial charge is 0.328 e. The molecular formula is C31H53N3O4. The molecule has 1 atom stereocenters. The third-order valence-corrected chi connectivity index (χ3v) is 6.61. The van der Waals surface area contributed by atoms with Crippen molar-refractivity contribution in [3.05, 3.63) is 30.1 Å². The third-order valence-electron chi connectivity index (χ3n) is 6.61. The molecule has 0 saturated carbocycles. The van der Waals surface area contributed by atoms with Gasteiger partial charge in [0.1, 0.15) is 6.04 Å². The van der Waals surface area contributed by atoms with E-state index in [4.69, 9.17) is 4.74 Å². The number of ether oxygens (including phenoxy) is 1. The lowest BCUT2D eigenvalue weighted by Crippen LogP contribution is -2.42. The molecule has 0 radical (unpaired) electrons. The van der Waals surface area contributed by atoms with Gasteiger partial charge in [-0.25, -0.2) is 4.79 Å². The van der Waals surface area contributed by atoms with Crippen molar-refractivity contribution in [1.82, 2.24) is 15.6 Å². The van der Waals surface area contributed by atoms with Crippen LogP contribution in [0.2, 0.25) is 0 Å². The topological polar surface area (TPSA) is 97.4 Å². The molecule has 0 spiro atoms. The van der Waals surface area contributed by atoms with Gasteiger partial charge < -0.3 is 15.4 Å². The molecule has 0 aliphatic heterocycles. The van der Waals surface area contributed by atoms with Gasteiger partial charge in [-0.1, -0.05) is 84.0 Å². The summed E-state index contributed by atoms with van der Waals surface area (Å²) in [4.78, 5) is 41.1. The van der Waals surface area contributed by atoms with E-state index in [1.165, 1.54) is 70.4 Å². The first kappa shape index (κ1) is 33.6. The molecule has 7 nitrogen and oxygen atoms in total. The van der Waals surface area contributed by atoms with Crippen LogP contribution in [0.3, 0.4) is 0 Å². The van der Waals surface area contributed by atoms with Crippen LogP contribution in [0.5, 0.6) is 0 Å². The third kappa shape index (κ3) is 17.9. The van der Waals surface area contributed by atoms with Gasteiger partial charge in [0.25, 0.3) is 5.91 Å². The zero-order valence-electron chi connectivity index (χ0n) is 24.3. The summed E-state index contributed by atoms with van der Waals surface area (Å²) >= 11 is 0. The van der Waals surface area contributed by atoms with Crippen LogP contribution in [0.1, 0.15) is 140 Å². The van der Waals surface area contributed by atoms with Crippen molar-refractivity contribution in [3.63, 3.8) is 0 Å². The molecule has 2 N–H and O–H groups in total. The number of hydrogen-bond donors (Lipinski definition) is 2. The summed E-state index contributed by atoms with van der Waals surface area (Å²) in [6.07, 6.45) is 21.7. The minimum absolute atomic E-state index is 0.0938. The fourth-order valence-electron chi connectivity index (χ4n) is 4.41. The molecule has 0 aliphatic carbocycles. The Balaban J connectivity index is 2.18. The Morgan fingerprint density at radius 1 is 0.842 bits per heavy atom. The Morgan fingerprint density at radius 2 is 1.45 bits per heavy atom. The van der Waals surface area contributed by atoms with E-state index in [9.17, 15) is 14.4 Å². The first-order valence-electron chi connectivity index (χ1n) is 15.1. The first-order valence-corrected chi connectivity index (χ1v) is 15.1. The first-order chi connectivity index (χ1) is 18.4. The molecule has 7 heteroatoms. The molecule has 2 amide bonds. The summed E-state index contributed by atoms with van der Waals surface area (Å²) in [5.41, 5.74) is 0.520. The minimum atomic E-state index is -0.652. The number of nitrogens with one attached hydrogen (secondary N) is 2. The predicted octanol–water partition coefficient (Wildman–Crippen LogP) is 6.90. The second-order valence-electron chi connectivity index (χ2n) is 10.6. The minimum Gasteiger partial charge on any atom is -0.461 e. The lowest BCUT2D eigenvalue weighted by Gasteiger charge is -2.19. The number of rotatable bonds is 23. The van der Waals surface area contributed by atoms with Crippen molar-refractivity contribution in [1.29, 1.82) is 0 Å². The fourth-order valence-corrected chi connectivity index (χ4v) is 4.41. The van der Waals surface area contributed by atoms with Crippen LogP contribution in [0, 0.1) is 0 Å². The number of unbranched alkanes of at least 4 members (excludes halogenated alkanes) is 13. The Morgan fingerprint density at radius 3 is 2.00 bits per heavy atom. The quantitative estimate of drug-likeness (QED) is 0.118. The summed E-state index contributed by atoms with van der Waals surface area (Å²) in [6.45, 7) is 6.36. The Labute approximate surface area is 231 Å². The van der Waals surface area contributed by atoms with E-state index in [1.54, 1.807) is 32.2 Å². The van der Waals surface area contributed by atoms with Crippen LogP contribution < -0.4 is 10.6 Å². The number of carbonyl (C=O) groups excluding carboxylic acids is 3. The summed E-state index contributed by atoms with van der Waals surface area (Å²) in [6, 6.07) is 2.79. The average molecular weight is 532 g/mol. The highest BCUT2D eigenvalue weighted by Crippen LogP contribution is 2.13. The van der Waals surface area contributed by atoms with Crippen molar-refractivity contribution in [2.45, 2.75) is 142 Å². The maximum Gasteiger partial charge on any atom is 0.328 e. The number of amides is 2. The van der Waals surface area contributed by atoms with Crippen LogP contribution in [0.4, 0.5) is 0 Å². The van der Waals surface area contributed by atoms with Crippen LogP contribution in [0.25, 0.3) is 0 Å². The van der Waals surface area contributed by atoms with Gasteiger partial charge in [0, 0.05) is 25.4 Å². The van der Waals surface area contributed by atoms with E-state index in [-0.39, 0.29) is 17.9 Å². The summed E-state index contributed by atoms with van der Waals surface area (Å²) < 4.78 is 5.36. The molecule has 0 saturated heterocycles. The number of carbonyl (C=O) groups is 3. The van der Waals surface area contributed by atoms with Crippen molar-refractivity contribution in [3.8, 4) is 0 Å². The number of pyridine rings is 1. The van der Waals surface area contributed by atoms with Crippen LogP contribution in [0.15, 0.2) is 24.5 Å². The van der Waals surface area contributed by atoms with Gasteiger partial charge >= 0.3 is 5.97 Å². The van der Waals surface area contributed by atoms with Gasteiger partial charge in [0.15, 0.2) is 0 Å². The van der Waals surface area contributed by atoms with Crippen molar-refractivity contribution >= 4 is 17.8 Å². The van der Waals surface area contributed by atoms with Crippen LogP contribution in [-0.4, -0.2) is 41.5 Å². The molecule has 1 unspecified atom stereocenters. The summed E-state index contributed by atoms with van der Waals surface area (Å²) in [5.74, 6) is -0.651. The van der Waals surface area contributed by atoms with Gasteiger partial charge in [-0.2, -0.15) is 0 Å². The Bertz CT molecular complexity index is 755. The lowest BCUT2D eigenvalue weighted by atomic mass is 10.0. The monoisotopic (exact) mass is 531 g/mol. The normalized spacial score (nSPS) is 11.8. The molecule has 38 heavy (non-hydrogen) atoms. The van der Waals surface area contributed by atoms with Gasteiger partial charge in [0.2, 0.25) is 5.91 Å². The molecule has 1 aromatic heterocycles. The highest BCUT2D eigenvalue weighted by molar-refractivity contribution is 5.93.